The number of urea groups is 1. The highest BCUT2D eigenvalue weighted by Gasteiger charge is 2.38. The van der Waals surface area contributed by atoms with Crippen LogP contribution in [-0.4, -0.2) is 33.5 Å². The van der Waals surface area contributed by atoms with E-state index in [1.807, 2.05) is 23.1 Å². The van der Waals surface area contributed by atoms with Gasteiger partial charge in [0.15, 0.2) is 5.82 Å². The van der Waals surface area contributed by atoms with Gasteiger partial charge < -0.3 is 20.1 Å². The Hall–Kier alpha value is -2.90. The number of para-hydroxylation sites is 1. The fraction of sp³-hybridized carbons (Fsp3) is 0.444. The van der Waals surface area contributed by atoms with Crippen LogP contribution in [0.4, 0.5) is 10.5 Å². The van der Waals surface area contributed by atoms with E-state index in [4.69, 9.17) is 4.52 Å². The molecule has 8 heteroatoms. The third-order valence-electron chi connectivity index (χ3n) is 4.69. The third-order valence-corrected chi connectivity index (χ3v) is 4.69. The lowest BCUT2D eigenvalue weighted by atomic mass is 10.2. The summed E-state index contributed by atoms with van der Waals surface area (Å²) in [5.41, 5.74) is 0.707. The summed E-state index contributed by atoms with van der Waals surface area (Å²) < 4.78 is 5.35. The van der Waals surface area contributed by atoms with Gasteiger partial charge in [0.05, 0.1) is 6.54 Å². The third kappa shape index (κ3) is 3.84. The fourth-order valence-corrected chi connectivity index (χ4v) is 3.13. The Kier molecular flexibility index (Phi) is 4.55. The molecule has 1 aliphatic carbocycles. The molecule has 2 N–H and O–H groups in total. The van der Waals surface area contributed by atoms with Crippen molar-refractivity contribution in [2.75, 3.05) is 11.9 Å². The highest BCUT2D eigenvalue weighted by atomic mass is 16.5. The molecule has 3 amide bonds. The lowest BCUT2D eigenvalue weighted by Gasteiger charge is -2.21. The van der Waals surface area contributed by atoms with Gasteiger partial charge in [-0.1, -0.05) is 23.4 Å². The number of nitrogens with zero attached hydrogens (tertiary/aromatic N) is 3. The summed E-state index contributed by atoms with van der Waals surface area (Å²) in [6.07, 6.45) is 3.60. The molecule has 4 rings (SSSR count). The van der Waals surface area contributed by atoms with Gasteiger partial charge in [-0.05, 0) is 37.3 Å². The van der Waals surface area contributed by atoms with E-state index in [9.17, 15) is 9.59 Å². The highest BCUT2D eigenvalue weighted by molar-refractivity contribution is 5.89. The molecule has 1 saturated heterocycles. The molecule has 2 aliphatic rings. The fourth-order valence-electron chi connectivity index (χ4n) is 3.13. The van der Waals surface area contributed by atoms with Crippen LogP contribution in [0.1, 0.15) is 43.4 Å². The van der Waals surface area contributed by atoms with Gasteiger partial charge >= 0.3 is 6.03 Å². The number of benzene rings is 1. The molecule has 1 saturated carbocycles. The lowest BCUT2D eigenvalue weighted by molar-refractivity contribution is -0.129. The van der Waals surface area contributed by atoms with Crippen LogP contribution >= 0.6 is 0 Å². The maximum absolute atomic E-state index is 12.1. The van der Waals surface area contributed by atoms with E-state index in [0.717, 1.165) is 6.54 Å². The van der Waals surface area contributed by atoms with Crippen LogP contribution in [0.25, 0.3) is 0 Å². The van der Waals surface area contributed by atoms with E-state index in [0.29, 0.717) is 36.2 Å². The van der Waals surface area contributed by atoms with E-state index in [-0.39, 0.29) is 24.5 Å². The van der Waals surface area contributed by atoms with Crippen molar-refractivity contribution >= 4 is 17.6 Å². The first-order chi connectivity index (χ1) is 12.7. The molecule has 1 atom stereocenters. The predicted molar refractivity (Wildman–Crippen MR) is 93.0 cm³/mol. The Balaban J connectivity index is 1.32. The number of hydrogen-bond donors (Lipinski definition) is 2. The number of nitrogens with one attached hydrogen (secondary N) is 2. The Morgan fingerprint density at radius 3 is 2.81 bits per heavy atom. The van der Waals surface area contributed by atoms with Gasteiger partial charge in [0.2, 0.25) is 11.8 Å². The van der Waals surface area contributed by atoms with Gasteiger partial charge in [-0.15, -0.1) is 0 Å². The molecule has 136 valence electrons. The largest absolute Gasteiger partial charge is 0.337 e. The number of carbonyl (C=O) groups excluding carboxylic acids is 2. The van der Waals surface area contributed by atoms with Crippen LogP contribution in [0, 0.1) is 5.92 Å². The normalized spacial score (nSPS) is 19.6. The van der Waals surface area contributed by atoms with Crippen molar-refractivity contribution in [2.24, 2.45) is 5.92 Å². The van der Waals surface area contributed by atoms with Crippen LogP contribution in [0.2, 0.25) is 0 Å². The molecule has 0 spiro atoms. The number of hydrogen-bond acceptors (Lipinski definition) is 5. The molecule has 2 heterocycles. The Morgan fingerprint density at radius 1 is 1.23 bits per heavy atom. The smallest absolute Gasteiger partial charge is 0.319 e. The maximum Gasteiger partial charge on any atom is 0.319 e. The van der Waals surface area contributed by atoms with Crippen molar-refractivity contribution in [3.05, 3.63) is 42.0 Å². The van der Waals surface area contributed by atoms with Crippen molar-refractivity contribution in [3.8, 4) is 0 Å². The minimum Gasteiger partial charge on any atom is -0.337 e. The number of carbonyl (C=O) groups is 2. The first kappa shape index (κ1) is 16.6. The number of aromatic nitrogens is 2. The summed E-state index contributed by atoms with van der Waals surface area (Å²) in [5, 5.41) is 9.35. The number of anilines is 1. The van der Waals surface area contributed by atoms with Gasteiger partial charge in [0.1, 0.15) is 6.04 Å². The Bertz CT molecular complexity index is 787. The molecule has 1 aliphatic heterocycles. The van der Waals surface area contributed by atoms with Gasteiger partial charge in [-0.3, -0.25) is 4.79 Å². The van der Waals surface area contributed by atoms with E-state index in [2.05, 4.69) is 20.8 Å². The average molecular weight is 355 g/mol. The lowest BCUT2D eigenvalue weighted by Crippen LogP contribution is -2.30. The van der Waals surface area contributed by atoms with Gasteiger partial charge in [-0.2, -0.15) is 4.98 Å². The molecule has 1 aromatic carbocycles. The molecule has 0 bridgehead atoms. The molecule has 2 aromatic rings. The van der Waals surface area contributed by atoms with Gasteiger partial charge in [0.25, 0.3) is 0 Å². The molecular weight excluding hydrogens is 334 g/mol. The van der Waals surface area contributed by atoms with Crippen LogP contribution < -0.4 is 10.6 Å². The zero-order valence-electron chi connectivity index (χ0n) is 14.4. The van der Waals surface area contributed by atoms with Crippen molar-refractivity contribution in [2.45, 2.75) is 38.3 Å². The second-order valence-electron chi connectivity index (χ2n) is 6.77. The molecule has 0 radical (unpaired) electrons. The summed E-state index contributed by atoms with van der Waals surface area (Å²) in [6.45, 7) is 0.935. The molecule has 2 fully saturated rings. The molecule has 26 heavy (non-hydrogen) atoms. The monoisotopic (exact) mass is 355 g/mol. The van der Waals surface area contributed by atoms with Crippen LogP contribution in [0.15, 0.2) is 34.9 Å². The minimum absolute atomic E-state index is 0.137. The molecule has 8 nitrogen and oxygen atoms in total. The van der Waals surface area contributed by atoms with Crippen molar-refractivity contribution in [1.29, 1.82) is 0 Å². The predicted octanol–water partition coefficient (Wildman–Crippen LogP) is 2.46. The number of rotatable bonds is 6. The first-order valence-corrected chi connectivity index (χ1v) is 8.91. The standard InChI is InChI=1S/C18H21N5O3/c24-16-9-8-14(23(16)11-12-6-7-12)17-21-15(22-26-17)10-19-18(25)20-13-4-2-1-3-5-13/h1-5,12,14H,6-11H2,(H2,19,20,25)/t14-/m0/s1. The quantitative estimate of drug-likeness (QED) is 0.829. The maximum atomic E-state index is 12.1. The van der Waals surface area contributed by atoms with Crippen molar-refractivity contribution in [1.82, 2.24) is 20.4 Å². The first-order valence-electron chi connectivity index (χ1n) is 8.91. The van der Waals surface area contributed by atoms with Crippen LogP contribution in [-0.2, 0) is 11.3 Å². The second kappa shape index (κ2) is 7.15. The Labute approximate surface area is 150 Å². The topological polar surface area (TPSA) is 100 Å². The van der Waals surface area contributed by atoms with Gasteiger partial charge in [0, 0.05) is 18.7 Å². The summed E-state index contributed by atoms with van der Waals surface area (Å²) in [5.74, 6) is 1.62. The zero-order valence-corrected chi connectivity index (χ0v) is 14.4. The number of likely N-dealkylation sites (tertiary alicyclic amines) is 1. The summed E-state index contributed by atoms with van der Waals surface area (Å²) in [7, 11) is 0. The van der Waals surface area contributed by atoms with Crippen LogP contribution in [0.3, 0.4) is 0 Å². The molecule has 1 aromatic heterocycles. The summed E-state index contributed by atoms with van der Waals surface area (Å²) in [4.78, 5) is 30.2. The van der Waals surface area contributed by atoms with Crippen molar-refractivity contribution < 1.29 is 14.1 Å². The van der Waals surface area contributed by atoms with E-state index in [1.54, 1.807) is 12.1 Å². The minimum atomic E-state index is -0.339. The molecule has 0 unspecified atom stereocenters. The van der Waals surface area contributed by atoms with E-state index >= 15 is 0 Å². The zero-order chi connectivity index (χ0) is 17.9. The van der Waals surface area contributed by atoms with E-state index < -0.39 is 0 Å². The van der Waals surface area contributed by atoms with Crippen LogP contribution in [0.5, 0.6) is 0 Å². The summed E-state index contributed by atoms with van der Waals surface area (Å²) >= 11 is 0. The Morgan fingerprint density at radius 2 is 2.04 bits per heavy atom. The average Bonchev–Trinajstić information content (AvgIpc) is 3.22. The number of amides is 3. The second-order valence-corrected chi connectivity index (χ2v) is 6.77. The summed E-state index contributed by atoms with van der Waals surface area (Å²) in [6, 6.07) is 8.70. The molecular formula is C18H21N5O3. The van der Waals surface area contributed by atoms with Crippen molar-refractivity contribution in [3.63, 3.8) is 0 Å². The van der Waals surface area contributed by atoms with Gasteiger partial charge in [-0.25, -0.2) is 4.79 Å². The SMILES string of the molecule is O=C(NCc1noc([C@@H]2CCC(=O)N2CC2CC2)n1)Nc1ccccc1. The van der Waals surface area contributed by atoms with E-state index in [1.165, 1.54) is 12.8 Å². The highest BCUT2D eigenvalue weighted by Crippen LogP contribution is 2.37.